The first kappa shape index (κ1) is 19.1. The third-order valence-corrected chi connectivity index (χ3v) is 6.99. The molecule has 1 aliphatic heterocycles. The third kappa shape index (κ3) is 4.33. The van der Waals surface area contributed by atoms with Gasteiger partial charge in [-0.05, 0) is 26.3 Å². The van der Waals surface area contributed by atoms with Gasteiger partial charge in [-0.25, -0.2) is 22.9 Å². The first-order chi connectivity index (χ1) is 12.2. The van der Waals surface area contributed by atoms with Crippen LogP contribution in [0.4, 0.5) is 0 Å². The van der Waals surface area contributed by atoms with Crippen LogP contribution in [0.2, 0.25) is 5.15 Å². The number of sulfone groups is 1. The van der Waals surface area contributed by atoms with Crippen LogP contribution in [0, 0.1) is 13.8 Å². The Kier molecular flexibility index (Phi) is 5.50. The molecule has 3 rings (SSSR count). The third-order valence-electron chi connectivity index (χ3n) is 4.04. The molecule has 2 aromatic heterocycles. The summed E-state index contributed by atoms with van der Waals surface area (Å²) in [6.45, 7) is 3.75. The van der Waals surface area contributed by atoms with E-state index in [4.69, 9.17) is 16.3 Å². The number of carbonyl (C=O) groups is 1. The van der Waals surface area contributed by atoms with Gasteiger partial charge in [-0.15, -0.1) is 11.3 Å². The molecule has 0 bridgehead atoms. The Morgan fingerprint density at radius 1 is 1.50 bits per heavy atom. The van der Waals surface area contributed by atoms with Crippen LogP contribution in [-0.2, 0) is 26.0 Å². The van der Waals surface area contributed by atoms with Gasteiger partial charge in [-0.1, -0.05) is 11.6 Å². The number of esters is 1. The van der Waals surface area contributed by atoms with Gasteiger partial charge >= 0.3 is 5.97 Å². The lowest BCUT2D eigenvalue weighted by molar-refractivity contribution is -0.139. The van der Waals surface area contributed by atoms with Crippen LogP contribution in [0.25, 0.3) is 6.08 Å². The van der Waals surface area contributed by atoms with Crippen LogP contribution >= 0.6 is 22.9 Å². The molecule has 0 aliphatic carbocycles. The Balaban J connectivity index is 1.67. The molecule has 1 atom stereocenters. The van der Waals surface area contributed by atoms with Crippen LogP contribution in [-0.4, -0.2) is 40.7 Å². The highest BCUT2D eigenvalue weighted by molar-refractivity contribution is 7.91. The average Bonchev–Trinajstić information content (AvgIpc) is 3.22. The molecule has 26 heavy (non-hydrogen) atoms. The lowest BCUT2D eigenvalue weighted by atomic mass is 10.2. The molecule has 0 amide bonds. The fourth-order valence-corrected chi connectivity index (χ4v) is 5.42. The molecule has 2 aromatic rings. The second-order valence-electron chi connectivity index (χ2n) is 6.09. The van der Waals surface area contributed by atoms with Gasteiger partial charge in [-0.2, -0.15) is 5.10 Å². The fraction of sp³-hybridized carbons (Fsp3) is 0.438. The lowest BCUT2D eigenvalue weighted by Gasteiger charge is -2.09. The molecule has 0 N–H and O–H groups in total. The highest BCUT2D eigenvalue weighted by atomic mass is 35.5. The van der Waals surface area contributed by atoms with Crippen LogP contribution in [0.5, 0.6) is 0 Å². The van der Waals surface area contributed by atoms with E-state index >= 15 is 0 Å². The standard InChI is InChI=1S/C16H18ClN3O4S2/c1-10-14(3-4-15(21)24-7-12-8-25-11(2)18-12)16(17)20(19-10)13-5-6-26(22,23)9-13/h3-4,8,13H,5-7,9H2,1-2H3/b4-3+/t13-/m0/s1. The largest absolute Gasteiger partial charge is 0.456 e. The van der Waals surface area contributed by atoms with Gasteiger partial charge in [0, 0.05) is 17.0 Å². The molecule has 0 saturated carbocycles. The van der Waals surface area contributed by atoms with E-state index in [1.807, 2.05) is 12.3 Å². The Labute approximate surface area is 160 Å². The lowest BCUT2D eigenvalue weighted by Crippen LogP contribution is -2.12. The number of ether oxygens (including phenoxy) is 1. The van der Waals surface area contributed by atoms with Crippen molar-refractivity contribution in [1.82, 2.24) is 14.8 Å². The summed E-state index contributed by atoms with van der Waals surface area (Å²) in [5.74, 6) is -0.339. The number of carbonyl (C=O) groups excluding carboxylic acids is 1. The Morgan fingerprint density at radius 3 is 2.88 bits per heavy atom. The van der Waals surface area contributed by atoms with Crippen LogP contribution in [0.3, 0.4) is 0 Å². The summed E-state index contributed by atoms with van der Waals surface area (Å²) < 4.78 is 30.0. The summed E-state index contributed by atoms with van der Waals surface area (Å²) in [4.78, 5) is 16.1. The minimum atomic E-state index is -3.04. The first-order valence-electron chi connectivity index (χ1n) is 7.96. The average molecular weight is 416 g/mol. The van der Waals surface area contributed by atoms with E-state index in [9.17, 15) is 13.2 Å². The van der Waals surface area contributed by atoms with E-state index in [0.717, 1.165) is 5.01 Å². The topological polar surface area (TPSA) is 91.2 Å². The van der Waals surface area contributed by atoms with Crippen molar-refractivity contribution in [3.05, 3.63) is 38.6 Å². The number of halogens is 1. The van der Waals surface area contributed by atoms with Crippen molar-refractivity contribution < 1.29 is 17.9 Å². The highest BCUT2D eigenvalue weighted by Gasteiger charge is 2.31. The zero-order chi connectivity index (χ0) is 18.9. The number of hydrogen-bond acceptors (Lipinski definition) is 7. The fourth-order valence-electron chi connectivity index (χ4n) is 2.75. The van der Waals surface area contributed by atoms with Crippen molar-refractivity contribution >= 4 is 44.8 Å². The minimum Gasteiger partial charge on any atom is -0.456 e. The van der Waals surface area contributed by atoms with Gasteiger partial charge in [0.25, 0.3) is 0 Å². The predicted octanol–water partition coefficient (Wildman–Crippen LogP) is 2.73. The quantitative estimate of drug-likeness (QED) is 0.550. The number of rotatable bonds is 5. The van der Waals surface area contributed by atoms with Crippen molar-refractivity contribution in [2.75, 3.05) is 11.5 Å². The number of thiazole rings is 1. The van der Waals surface area contributed by atoms with E-state index in [1.54, 1.807) is 13.0 Å². The van der Waals surface area contributed by atoms with E-state index in [0.29, 0.717) is 28.5 Å². The summed E-state index contributed by atoms with van der Waals surface area (Å²) in [6.07, 6.45) is 3.31. The van der Waals surface area contributed by atoms with Gasteiger partial charge in [0.2, 0.25) is 0 Å². The van der Waals surface area contributed by atoms with Crippen LogP contribution < -0.4 is 0 Å². The van der Waals surface area contributed by atoms with Crippen LogP contribution in [0.1, 0.15) is 34.4 Å². The Hall–Kier alpha value is -1.71. The van der Waals surface area contributed by atoms with Gasteiger partial charge in [0.05, 0.1) is 33.9 Å². The zero-order valence-electron chi connectivity index (χ0n) is 14.3. The van der Waals surface area contributed by atoms with Gasteiger partial charge in [-0.3, -0.25) is 0 Å². The zero-order valence-corrected chi connectivity index (χ0v) is 16.7. The number of aryl methyl sites for hydroxylation is 2. The molecular weight excluding hydrogens is 398 g/mol. The van der Waals surface area contributed by atoms with E-state index in [1.165, 1.54) is 22.1 Å². The van der Waals surface area contributed by atoms with Crippen LogP contribution in [0.15, 0.2) is 11.5 Å². The summed E-state index contributed by atoms with van der Waals surface area (Å²) in [6, 6.07) is -0.270. The Morgan fingerprint density at radius 2 is 2.27 bits per heavy atom. The monoisotopic (exact) mass is 415 g/mol. The number of nitrogens with zero attached hydrogens (tertiary/aromatic N) is 3. The highest BCUT2D eigenvalue weighted by Crippen LogP contribution is 2.30. The molecule has 0 unspecified atom stereocenters. The maximum Gasteiger partial charge on any atom is 0.331 e. The second-order valence-corrected chi connectivity index (χ2v) is 9.74. The molecule has 0 spiro atoms. The molecule has 1 aliphatic rings. The van der Waals surface area contributed by atoms with Crippen molar-refractivity contribution in [1.29, 1.82) is 0 Å². The van der Waals surface area contributed by atoms with Crippen molar-refractivity contribution in [2.24, 2.45) is 0 Å². The van der Waals surface area contributed by atoms with Gasteiger partial charge < -0.3 is 4.74 Å². The SMILES string of the molecule is Cc1nc(COC(=O)/C=C/c2c(C)nn([C@H]3CCS(=O)(=O)C3)c2Cl)cs1. The maximum atomic E-state index is 11.9. The molecule has 140 valence electrons. The summed E-state index contributed by atoms with van der Waals surface area (Å²) in [5.41, 5.74) is 1.91. The maximum absolute atomic E-state index is 11.9. The Bertz CT molecular complexity index is 962. The van der Waals surface area contributed by atoms with Gasteiger partial charge in [0.15, 0.2) is 9.84 Å². The summed E-state index contributed by atoms with van der Waals surface area (Å²) >= 11 is 7.85. The predicted molar refractivity (Wildman–Crippen MR) is 100.0 cm³/mol. The van der Waals surface area contributed by atoms with E-state index < -0.39 is 15.8 Å². The molecular formula is C16H18ClN3O4S2. The number of hydrogen-bond donors (Lipinski definition) is 0. The summed E-state index contributed by atoms with van der Waals surface area (Å²) in [7, 11) is -3.04. The van der Waals surface area contributed by atoms with Crippen molar-refractivity contribution in [2.45, 2.75) is 32.9 Å². The molecule has 1 saturated heterocycles. The molecule has 0 radical (unpaired) electrons. The molecule has 1 fully saturated rings. The minimum absolute atomic E-state index is 0.0338. The summed E-state index contributed by atoms with van der Waals surface area (Å²) in [5, 5.41) is 7.42. The van der Waals surface area contributed by atoms with Gasteiger partial charge in [0.1, 0.15) is 11.8 Å². The van der Waals surface area contributed by atoms with E-state index in [2.05, 4.69) is 10.1 Å². The smallest absolute Gasteiger partial charge is 0.331 e. The molecule has 3 heterocycles. The second kappa shape index (κ2) is 7.50. The normalized spacial score (nSPS) is 19.3. The van der Waals surface area contributed by atoms with Crippen molar-refractivity contribution in [3.63, 3.8) is 0 Å². The van der Waals surface area contributed by atoms with E-state index in [-0.39, 0.29) is 24.2 Å². The number of aromatic nitrogens is 3. The molecule has 7 nitrogen and oxygen atoms in total. The first-order valence-corrected chi connectivity index (χ1v) is 11.0. The molecule has 0 aromatic carbocycles. The molecule has 10 heteroatoms. The van der Waals surface area contributed by atoms with Crippen molar-refractivity contribution in [3.8, 4) is 0 Å².